The number of carbonyl (C=O) groups excluding carboxylic acids is 1. The Hall–Kier alpha value is -0.820. The molecule has 0 saturated heterocycles. The number of benzene rings is 1. The van der Waals surface area contributed by atoms with Crippen LogP contribution in [0, 0.1) is 0 Å². The van der Waals surface area contributed by atoms with Crippen molar-refractivity contribution in [2.45, 2.75) is 0 Å². The van der Waals surface area contributed by atoms with Gasteiger partial charge in [0.25, 0.3) is 0 Å². The molecule has 4 heteroatoms. The summed E-state index contributed by atoms with van der Waals surface area (Å²) in [6.45, 7) is 0. The van der Waals surface area contributed by atoms with Gasteiger partial charge in [0.1, 0.15) is 0 Å². The van der Waals surface area contributed by atoms with Gasteiger partial charge in [-0.2, -0.15) is 4.99 Å². The largest absolute Gasteiger partial charge is 0.240 e. The van der Waals surface area contributed by atoms with E-state index in [9.17, 15) is 4.79 Å². The van der Waals surface area contributed by atoms with Gasteiger partial charge in [0.2, 0.25) is 6.08 Å². The number of hydrogen-bond donors (Lipinski definition) is 0. The van der Waals surface area contributed by atoms with Crippen molar-refractivity contribution in [1.82, 2.24) is 0 Å². The van der Waals surface area contributed by atoms with Crippen molar-refractivity contribution < 1.29 is 4.79 Å². The van der Waals surface area contributed by atoms with Crippen LogP contribution in [0.5, 0.6) is 0 Å². The molecule has 0 amide bonds. The smallest absolute Gasteiger partial charge is 0.211 e. The molecule has 0 aliphatic carbocycles. The fourth-order valence-corrected chi connectivity index (χ4v) is 0.555. The van der Waals surface area contributed by atoms with Gasteiger partial charge in [-0.3, -0.25) is 0 Å². The summed E-state index contributed by atoms with van der Waals surface area (Å²) in [5, 5.41) is 0. The number of hydrogen-bond acceptors (Lipinski definition) is 2. The molecule has 58 valence electrons. The highest BCUT2D eigenvalue weighted by molar-refractivity contribution is 6.85. The molecule has 0 spiro atoms. The number of halogens is 2. The Bertz CT molecular complexity index is 231. The first-order valence-electron chi connectivity index (χ1n) is 2.70. The van der Waals surface area contributed by atoms with Gasteiger partial charge in [-0.05, 0) is 12.1 Å². The summed E-state index contributed by atoms with van der Waals surface area (Å²) in [5.74, 6) is 0. The first kappa shape index (κ1) is 10.2. The maximum atomic E-state index is 9.68. The molecule has 0 fully saturated rings. The number of para-hydroxylation sites is 1. The summed E-state index contributed by atoms with van der Waals surface area (Å²) in [4.78, 5) is 13.1. The van der Waals surface area contributed by atoms with E-state index in [1.165, 1.54) is 6.08 Å². The Morgan fingerprint density at radius 1 is 1.18 bits per heavy atom. The third kappa shape index (κ3) is 4.57. The van der Waals surface area contributed by atoms with Crippen molar-refractivity contribution in [2.24, 2.45) is 4.99 Å². The van der Waals surface area contributed by atoms with Crippen LogP contribution < -0.4 is 0 Å². The molecule has 0 aliphatic heterocycles. The molecular weight excluding hydrogens is 185 g/mol. The van der Waals surface area contributed by atoms with Crippen LogP contribution in [0.25, 0.3) is 0 Å². The second-order valence-corrected chi connectivity index (χ2v) is 1.54. The second kappa shape index (κ2) is 7.29. The Balaban J connectivity index is 0.000000461. The standard InChI is InChI=1S/C7H5NO.Cl2/c9-6-8-7-4-2-1-3-5-7;1-2/h1-5H;. The number of aliphatic imine (C=N–C) groups is 1. The summed E-state index contributed by atoms with van der Waals surface area (Å²) in [7, 11) is 8.22. The summed E-state index contributed by atoms with van der Waals surface area (Å²) < 4.78 is 0. The van der Waals surface area contributed by atoms with Crippen LogP contribution in [-0.4, -0.2) is 6.08 Å². The molecule has 0 unspecified atom stereocenters. The van der Waals surface area contributed by atoms with Crippen molar-refractivity contribution in [1.29, 1.82) is 0 Å². The summed E-state index contributed by atoms with van der Waals surface area (Å²) in [5.41, 5.74) is 0.646. The molecule has 11 heavy (non-hydrogen) atoms. The van der Waals surface area contributed by atoms with Gasteiger partial charge in [0.15, 0.2) is 0 Å². The van der Waals surface area contributed by atoms with Gasteiger partial charge in [-0.15, -0.1) is 0 Å². The van der Waals surface area contributed by atoms with E-state index < -0.39 is 0 Å². The van der Waals surface area contributed by atoms with Crippen molar-refractivity contribution in [3.63, 3.8) is 0 Å². The number of nitrogens with zero attached hydrogens (tertiary/aromatic N) is 1. The average molecular weight is 190 g/mol. The Morgan fingerprint density at radius 2 is 1.73 bits per heavy atom. The molecule has 2 nitrogen and oxygen atoms in total. The van der Waals surface area contributed by atoms with Crippen LogP contribution in [0.3, 0.4) is 0 Å². The van der Waals surface area contributed by atoms with Crippen molar-refractivity contribution in [3.05, 3.63) is 30.3 Å². The lowest BCUT2D eigenvalue weighted by atomic mass is 10.3. The summed E-state index contributed by atoms with van der Waals surface area (Å²) in [6, 6.07) is 8.98. The van der Waals surface area contributed by atoms with Crippen molar-refractivity contribution in [3.8, 4) is 0 Å². The SMILES string of the molecule is ClCl.O=C=Nc1ccccc1. The lowest BCUT2D eigenvalue weighted by Crippen LogP contribution is -1.59. The van der Waals surface area contributed by atoms with Gasteiger partial charge >= 0.3 is 0 Å². The van der Waals surface area contributed by atoms with E-state index in [0.29, 0.717) is 5.69 Å². The Morgan fingerprint density at radius 3 is 2.18 bits per heavy atom. The lowest BCUT2D eigenvalue weighted by Gasteiger charge is -1.83. The summed E-state index contributed by atoms with van der Waals surface area (Å²) in [6.07, 6.45) is 1.46. The normalized spacial score (nSPS) is 7.09. The molecule has 1 aromatic carbocycles. The molecule has 0 aromatic heterocycles. The maximum absolute atomic E-state index is 9.68. The predicted molar refractivity (Wildman–Crippen MR) is 45.9 cm³/mol. The molecule has 0 bridgehead atoms. The Labute approximate surface area is 74.1 Å². The van der Waals surface area contributed by atoms with Gasteiger partial charge < -0.3 is 0 Å². The first-order valence-corrected chi connectivity index (χ1v) is 3.85. The van der Waals surface area contributed by atoms with Crippen LogP contribution in [0.15, 0.2) is 35.3 Å². The minimum Gasteiger partial charge on any atom is -0.211 e. The van der Waals surface area contributed by atoms with E-state index >= 15 is 0 Å². The fraction of sp³-hybridized carbons (Fsp3) is 0. The average Bonchev–Trinajstić information content (AvgIpc) is 2.11. The van der Waals surface area contributed by atoms with Crippen molar-refractivity contribution in [2.75, 3.05) is 0 Å². The zero-order valence-electron chi connectivity index (χ0n) is 5.50. The minimum absolute atomic E-state index is 0.646. The Kier molecular flexibility index (Phi) is 6.75. The second-order valence-electron chi connectivity index (χ2n) is 1.54. The molecule has 1 rings (SSSR count). The number of rotatable bonds is 1. The van der Waals surface area contributed by atoms with Crippen LogP contribution >= 0.6 is 21.7 Å². The van der Waals surface area contributed by atoms with E-state index in [1.54, 1.807) is 12.1 Å². The zero-order chi connectivity index (χ0) is 8.53. The predicted octanol–water partition coefficient (Wildman–Crippen LogP) is 3.03. The first-order chi connectivity index (χ1) is 5.43. The topological polar surface area (TPSA) is 29.4 Å². The van der Waals surface area contributed by atoms with Gasteiger partial charge in [-0.1, -0.05) is 18.2 Å². The van der Waals surface area contributed by atoms with Crippen molar-refractivity contribution >= 4 is 33.5 Å². The van der Waals surface area contributed by atoms with Crippen LogP contribution in [0.1, 0.15) is 0 Å². The van der Waals surface area contributed by atoms with Crippen LogP contribution in [-0.2, 0) is 4.79 Å². The van der Waals surface area contributed by atoms with E-state index in [0.717, 1.165) is 0 Å². The molecule has 0 radical (unpaired) electrons. The minimum atomic E-state index is 0.646. The summed E-state index contributed by atoms with van der Waals surface area (Å²) >= 11 is 0. The quantitative estimate of drug-likeness (QED) is 0.494. The monoisotopic (exact) mass is 189 g/mol. The zero-order valence-corrected chi connectivity index (χ0v) is 7.01. The third-order valence-electron chi connectivity index (χ3n) is 0.931. The molecule has 1 aromatic rings. The molecular formula is C7H5Cl2NO. The van der Waals surface area contributed by atoms with E-state index in [-0.39, 0.29) is 0 Å². The highest BCUT2D eigenvalue weighted by atomic mass is 36.5. The van der Waals surface area contributed by atoms with Crippen LogP contribution in [0.2, 0.25) is 0 Å². The molecule has 0 atom stereocenters. The molecule has 0 N–H and O–H groups in total. The van der Waals surface area contributed by atoms with Gasteiger partial charge in [0.05, 0.1) is 5.69 Å². The van der Waals surface area contributed by atoms with Gasteiger partial charge in [0, 0.05) is 21.7 Å². The molecule has 0 aliphatic rings. The highest BCUT2D eigenvalue weighted by Gasteiger charge is 1.79. The third-order valence-corrected chi connectivity index (χ3v) is 0.931. The molecule has 0 saturated carbocycles. The number of isocyanates is 1. The lowest BCUT2D eigenvalue weighted by molar-refractivity contribution is 0.565. The van der Waals surface area contributed by atoms with E-state index in [2.05, 4.69) is 26.7 Å². The van der Waals surface area contributed by atoms with Gasteiger partial charge in [-0.25, -0.2) is 4.79 Å². The molecule has 0 heterocycles. The van der Waals surface area contributed by atoms with E-state index in [1.807, 2.05) is 18.2 Å². The highest BCUT2D eigenvalue weighted by Crippen LogP contribution is 2.06. The van der Waals surface area contributed by atoms with Crippen LogP contribution in [0.4, 0.5) is 5.69 Å². The maximum Gasteiger partial charge on any atom is 0.240 e. The van der Waals surface area contributed by atoms with E-state index in [4.69, 9.17) is 0 Å². The fourth-order valence-electron chi connectivity index (χ4n) is 0.555.